The molecule has 0 bridgehead atoms. The largest absolute Gasteiger partial charge is 0.396 e. The van der Waals surface area contributed by atoms with Crippen LogP contribution < -0.4 is 5.32 Å². The molecule has 2 N–H and O–H groups in total. The third kappa shape index (κ3) is 5.64. The monoisotopic (exact) mass is 371 g/mol. The van der Waals surface area contributed by atoms with E-state index < -0.39 is 0 Å². The average Bonchev–Trinajstić information content (AvgIpc) is 2.52. The summed E-state index contributed by atoms with van der Waals surface area (Å²) in [4.78, 5) is 13.0. The summed E-state index contributed by atoms with van der Waals surface area (Å²) < 4.78 is 1.05. The lowest BCUT2D eigenvalue weighted by atomic mass is 9.79. The zero-order valence-electron chi connectivity index (χ0n) is 12.1. The molecule has 0 aromatic heterocycles. The van der Waals surface area contributed by atoms with Crippen LogP contribution in [0.2, 0.25) is 0 Å². The van der Waals surface area contributed by atoms with E-state index in [1.165, 1.54) is 12.8 Å². The van der Waals surface area contributed by atoms with Crippen molar-refractivity contribution in [1.82, 2.24) is 5.32 Å². The van der Waals surface area contributed by atoms with E-state index in [9.17, 15) is 9.90 Å². The number of aliphatic hydroxyl groups is 1. The maximum absolute atomic E-state index is 11.9. The van der Waals surface area contributed by atoms with Gasteiger partial charge >= 0.3 is 0 Å². The number of halogens is 1. The Labute approximate surface area is 139 Å². The molecule has 1 aliphatic carbocycles. The number of benzene rings is 1. The van der Waals surface area contributed by atoms with Crippen molar-refractivity contribution >= 4 is 33.6 Å². The van der Waals surface area contributed by atoms with Gasteiger partial charge in [-0.25, -0.2) is 0 Å². The first kappa shape index (κ1) is 16.8. The molecule has 1 aromatic rings. The van der Waals surface area contributed by atoms with Gasteiger partial charge in [0.15, 0.2) is 0 Å². The van der Waals surface area contributed by atoms with Gasteiger partial charge in [-0.2, -0.15) is 0 Å². The van der Waals surface area contributed by atoms with E-state index in [-0.39, 0.29) is 12.5 Å². The minimum absolute atomic E-state index is 0.0742. The summed E-state index contributed by atoms with van der Waals surface area (Å²) in [6.45, 7) is 0.944. The minimum Gasteiger partial charge on any atom is -0.396 e. The summed E-state index contributed by atoms with van der Waals surface area (Å²) in [5, 5.41) is 12.4. The molecule has 0 aliphatic heterocycles. The van der Waals surface area contributed by atoms with Gasteiger partial charge in [-0.05, 0) is 48.9 Å². The van der Waals surface area contributed by atoms with Crippen LogP contribution in [-0.2, 0) is 4.79 Å². The van der Waals surface area contributed by atoms with Crippen LogP contribution in [0.3, 0.4) is 0 Å². The van der Waals surface area contributed by atoms with Gasteiger partial charge in [-0.3, -0.25) is 4.79 Å². The molecule has 0 spiro atoms. The zero-order valence-corrected chi connectivity index (χ0v) is 14.5. The molecular formula is C16H22BrNO2S. The SMILES string of the molecule is O=C(CSc1ccc(Br)cc1)NCC1CCCCC1CO. The lowest BCUT2D eigenvalue weighted by Crippen LogP contribution is -2.36. The van der Waals surface area contributed by atoms with Crippen molar-refractivity contribution in [3.8, 4) is 0 Å². The first-order chi connectivity index (χ1) is 10.2. The van der Waals surface area contributed by atoms with Crippen LogP contribution in [0.5, 0.6) is 0 Å². The second kappa shape index (κ2) is 8.81. The van der Waals surface area contributed by atoms with Crippen LogP contribution in [0, 0.1) is 11.8 Å². The third-order valence-corrected chi connectivity index (χ3v) is 5.59. The molecule has 1 fully saturated rings. The highest BCUT2D eigenvalue weighted by Crippen LogP contribution is 2.29. The summed E-state index contributed by atoms with van der Waals surface area (Å²) in [7, 11) is 0. The standard InChI is InChI=1S/C16H22BrNO2S/c17-14-5-7-15(8-6-14)21-11-16(20)18-9-12-3-1-2-4-13(12)10-19/h5-8,12-13,19H,1-4,9-11H2,(H,18,20). The van der Waals surface area contributed by atoms with E-state index in [1.807, 2.05) is 24.3 Å². The highest BCUT2D eigenvalue weighted by Gasteiger charge is 2.24. The minimum atomic E-state index is 0.0742. The third-order valence-electron chi connectivity index (χ3n) is 4.05. The van der Waals surface area contributed by atoms with Crippen LogP contribution in [0.4, 0.5) is 0 Å². The topological polar surface area (TPSA) is 49.3 Å². The summed E-state index contributed by atoms with van der Waals surface area (Å²) in [6, 6.07) is 7.97. The Bertz CT molecular complexity index is 452. The molecule has 1 saturated carbocycles. The number of aliphatic hydroxyl groups excluding tert-OH is 1. The fraction of sp³-hybridized carbons (Fsp3) is 0.562. The molecular weight excluding hydrogens is 350 g/mol. The van der Waals surface area contributed by atoms with E-state index in [1.54, 1.807) is 11.8 Å². The van der Waals surface area contributed by atoms with Gasteiger partial charge in [-0.1, -0.05) is 28.8 Å². The quantitative estimate of drug-likeness (QED) is 0.752. The number of hydrogen-bond donors (Lipinski definition) is 2. The number of carbonyl (C=O) groups excluding carboxylic acids is 1. The van der Waals surface area contributed by atoms with Gasteiger partial charge in [0.1, 0.15) is 0 Å². The fourth-order valence-electron chi connectivity index (χ4n) is 2.77. The van der Waals surface area contributed by atoms with Crippen molar-refractivity contribution in [2.45, 2.75) is 30.6 Å². The number of nitrogens with one attached hydrogen (secondary N) is 1. The van der Waals surface area contributed by atoms with Gasteiger partial charge in [0.05, 0.1) is 5.75 Å². The predicted octanol–water partition coefficient (Wildman–Crippen LogP) is 3.46. The Morgan fingerprint density at radius 2 is 1.90 bits per heavy atom. The first-order valence-corrected chi connectivity index (χ1v) is 9.23. The Morgan fingerprint density at radius 3 is 2.57 bits per heavy atom. The van der Waals surface area contributed by atoms with E-state index in [0.29, 0.717) is 24.1 Å². The number of amides is 1. The molecule has 5 heteroatoms. The maximum atomic E-state index is 11.9. The first-order valence-electron chi connectivity index (χ1n) is 7.45. The van der Waals surface area contributed by atoms with Gasteiger partial charge in [0, 0.05) is 22.5 Å². The van der Waals surface area contributed by atoms with Crippen LogP contribution in [-0.4, -0.2) is 29.9 Å². The van der Waals surface area contributed by atoms with Gasteiger partial charge < -0.3 is 10.4 Å². The zero-order chi connectivity index (χ0) is 15.1. The van der Waals surface area contributed by atoms with Crippen molar-refractivity contribution < 1.29 is 9.90 Å². The lowest BCUT2D eigenvalue weighted by molar-refractivity contribution is -0.118. The molecule has 21 heavy (non-hydrogen) atoms. The highest BCUT2D eigenvalue weighted by molar-refractivity contribution is 9.10. The maximum Gasteiger partial charge on any atom is 0.230 e. The summed E-state index contributed by atoms with van der Waals surface area (Å²) in [5.41, 5.74) is 0. The molecule has 1 amide bonds. The normalized spacial score (nSPS) is 22.0. The summed E-state index contributed by atoms with van der Waals surface area (Å²) in [6.07, 6.45) is 4.62. The number of hydrogen-bond acceptors (Lipinski definition) is 3. The van der Waals surface area contributed by atoms with Crippen molar-refractivity contribution in [3.05, 3.63) is 28.7 Å². The van der Waals surface area contributed by atoms with E-state index in [0.717, 1.165) is 22.2 Å². The van der Waals surface area contributed by atoms with Gasteiger partial charge in [0.25, 0.3) is 0 Å². The Hall–Kier alpha value is -0.520. The second-order valence-corrected chi connectivity index (χ2v) is 7.50. The van der Waals surface area contributed by atoms with Gasteiger partial charge in [-0.15, -0.1) is 11.8 Å². The number of thioether (sulfide) groups is 1. The van der Waals surface area contributed by atoms with Crippen LogP contribution in [0.15, 0.2) is 33.6 Å². The molecule has 2 atom stereocenters. The van der Waals surface area contributed by atoms with Crippen molar-refractivity contribution in [3.63, 3.8) is 0 Å². The van der Waals surface area contributed by atoms with Crippen molar-refractivity contribution in [1.29, 1.82) is 0 Å². The van der Waals surface area contributed by atoms with Crippen LogP contribution >= 0.6 is 27.7 Å². The highest BCUT2D eigenvalue weighted by atomic mass is 79.9. The summed E-state index contributed by atoms with van der Waals surface area (Å²) >= 11 is 4.95. The van der Waals surface area contributed by atoms with Crippen molar-refractivity contribution in [2.24, 2.45) is 11.8 Å². The van der Waals surface area contributed by atoms with E-state index >= 15 is 0 Å². The Balaban J connectivity index is 1.70. The number of rotatable bonds is 6. The van der Waals surface area contributed by atoms with E-state index in [4.69, 9.17) is 0 Å². The molecule has 0 radical (unpaired) electrons. The molecule has 3 nitrogen and oxygen atoms in total. The lowest BCUT2D eigenvalue weighted by Gasteiger charge is -2.30. The van der Waals surface area contributed by atoms with Crippen LogP contribution in [0.25, 0.3) is 0 Å². The predicted molar refractivity (Wildman–Crippen MR) is 90.4 cm³/mol. The Morgan fingerprint density at radius 1 is 1.24 bits per heavy atom. The fourth-order valence-corrected chi connectivity index (χ4v) is 3.76. The average molecular weight is 372 g/mol. The molecule has 0 saturated heterocycles. The van der Waals surface area contributed by atoms with Crippen molar-refractivity contribution in [2.75, 3.05) is 18.9 Å². The van der Waals surface area contributed by atoms with Crippen LogP contribution in [0.1, 0.15) is 25.7 Å². The Kier molecular flexibility index (Phi) is 7.07. The second-order valence-electron chi connectivity index (χ2n) is 5.53. The molecule has 2 unspecified atom stereocenters. The smallest absolute Gasteiger partial charge is 0.230 e. The summed E-state index contributed by atoms with van der Waals surface area (Å²) in [5.74, 6) is 1.31. The van der Waals surface area contributed by atoms with Gasteiger partial charge in [0.2, 0.25) is 5.91 Å². The van der Waals surface area contributed by atoms with E-state index in [2.05, 4.69) is 21.2 Å². The molecule has 1 aromatic carbocycles. The molecule has 116 valence electrons. The molecule has 2 rings (SSSR count). The number of carbonyl (C=O) groups is 1. The molecule has 1 aliphatic rings. The molecule has 0 heterocycles.